The van der Waals surface area contributed by atoms with Crippen LogP contribution in [0.15, 0.2) is 48.5 Å². The summed E-state index contributed by atoms with van der Waals surface area (Å²) in [6, 6.07) is 16.8. The minimum absolute atomic E-state index is 0.0121. The van der Waals surface area contributed by atoms with Gasteiger partial charge >= 0.3 is 6.09 Å². The number of hydrogen-bond donors (Lipinski definition) is 3. The van der Waals surface area contributed by atoms with Gasteiger partial charge in [0.25, 0.3) is 0 Å². The fourth-order valence-corrected chi connectivity index (χ4v) is 5.34. The van der Waals surface area contributed by atoms with Crippen LogP contribution in [0.5, 0.6) is 0 Å². The van der Waals surface area contributed by atoms with Crippen molar-refractivity contribution in [1.29, 1.82) is 0 Å². The third kappa shape index (κ3) is 3.08. The van der Waals surface area contributed by atoms with Gasteiger partial charge in [0.15, 0.2) is 0 Å². The number of carbonyl (C=O) groups is 2. The van der Waals surface area contributed by atoms with E-state index in [9.17, 15) is 9.59 Å². The number of carbonyl (C=O) groups excluding carboxylic acids is 2. The number of benzene rings is 2. The number of ether oxygens (including phenoxy) is 1. The van der Waals surface area contributed by atoms with Crippen LogP contribution in [0.25, 0.3) is 11.1 Å². The van der Waals surface area contributed by atoms with Crippen molar-refractivity contribution in [3.8, 4) is 11.1 Å². The summed E-state index contributed by atoms with van der Waals surface area (Å²) in [5, 5.41) is 6.30. The Hall–Kier alpha value is -2.86. The summed E-state index contributed by atoms with van der Waals surface area (Å²) in [4.78, 5) is 24.9. The van der Waals surface area contributed by atoms with Crippen molar-refractivity contribution in [1.82, 2.24) is 10.6 Å². The Labute approximate surface area is 169 Å². The largest absolute Gasteiger partial charge is 0.449 e. The van der Waals surface area contributed by atoms with Gasteiger partial charge in [0.1, 0.15) is 12.1 Å². The van der Waals surface area contributed by atoms with Gasteiger partial charge < -0.3 is 21.1 Å². The van der Waals surface area contributed by atoms with Crippen LogP contribution in [0.1, 0.15) is 42.7 Å². The Morgan fingerprint density at radius 2 is 1.55 bits per heavy atom. The molecule has 2 atom stereocenters. The van der Waals surface area contributed by atoms with Crippen LogP contribution in [-0.2, 0) is 9.53 Å². The molecule has 150 valence electrons. The van der Waals surface area contributed by atoms with Crippen LogP contribution < -0.4 is 16.4 Å². The van der Waals surface area contributed by atoms with E-state index in [1.807, 2.05) is 24.3 Å². The molecule has 0 saturated carbocycles. The molecule has 2 bridgehead atoms. The Kier molecular flexibility index (Phi) is 4.32. The van der Waals surface area contributed by atoms with E-state index in [0.29, 0.717) is 12.8 Å². The van der Waals surface area contributed by atoms with Crippen molar-refractivity contribution in [2.75, 3.05) is 6.61 Å². The first-order chi connectivity index (χ1) is 14.1. The molecular weight excluding hydrogens is 366 g/mol. The molecule has 2 heterocycles. The van der Waals surface area contributed by atoms with E-state index in [0.717, 1.165) is 24.0 Å². The van der Waals surface area contributed by atoms with E-state index < -0.39 is 17.5 Å². The highest BCUT2D eigenvalue weighted by atomic mass is 16.5. The highest BCUT2D eigenvalue weighted by Gasteiger charge is 2.49. The molecule has 2 saturated heterocycles. The SMILES string of the molecule is NC(=O)C1(NC(=O)OCC2c3ccccc3-c3ccccc32)CC2CCC(C1)N2. The zero-order valence-corrected chi connectivity index (χ0v) is 16.2. The lowest BCUT2D eigenvalue weighted by molar-refractivity contribution is -0.125. The predicted molar refractivity (Wildman–Crippen MR) is 109 cm³/mol. The minimum atomic E-state index is -1.03. The summed E-state index contributed by atoms with van der Waals surface area (Å²) in [7, 11) is 0. The molecule has 1 aliphatic carbocycles. The van der Waals surface area contributed by atoms with Crippen LogP contribution in [0.3, 0.4) is 0 Å². The van der Waals surface area contributed by atoms with E-state index in [4.69, 9.17) is 10.5 Å². The molecular formula is C23H25N3O3. The second kappa shape index (κ2) is 6.88. The molecule has 29 heavy (non-hydrogen) atoms. The number of alkyl carbamates (subject to hydrolysis) is 1. The van der Waals surface area contributed by atoms with Gasteiger partial charge in [-0.1, -0.05) is 48.5 Å². The van der Waals surface area contributed by atoms with Crippen LogP contribution in [-0.4, -0.2) is 36.2 Å². The predicted octanol–water partition coefficient (Wildman–Crippen LogP) is 2.66. The van der Waals surface area contributed by atoms with Crippen molar-refractivity contribution in [2.45, 2.75) is 49.2 Å². The first kappa shape index (κ1) is 18.2. The molecule has 6 nitrogen and oxygen atoms in total. The highest BCUT2D eigenvalue weighted by molar-refractivity contribution is 5.89. The molecule has 0 radical (unpaired) electrons. The van der Waals surface area contributed by atoms with E-state index in [1.165, 1.54) is 11.1 Å². The quantitative estimate of drug-likeness (QED) is 0.747. The van der Waals surface area contributed by atoms with Crippen LogP contribution >= 0.6 is 0 Å². The number of rotatable bonds is 4. The van der Waals surface area contributed by atoms with Crippen LogP contribution in [0.4, 0.5) is 4.79 Å². The van der Waals surface area contributed by atoms with Crippen molar-refractivity contribution < 1.29 is 14.3 Å². The van der Waals surface area contributed by atoms with Crippen molar-refractivity contribution >= 4 is 12.0 Å². The van der Waals surface area contributed by atoms with Gasteiger partial charge in [0, 0.05) is 18.0 Å². The van der Waals surface area contributed by atoms with Crippen LogP contribution in [0, 0.1) is 0 Å². The average molecular weight is 391 g/mol. The minimum Gasteiger partial charge on any atom is -0.449 e. The van der Waals surface area contributed by atoms with E-state index in [2.05, 4.69) is 34.9 Å². The number of primary amides is 1. The Morgan fingerprint density at radius 3 is 2.10 bits per heavy atom. The third-order valence-electron chi connectivity index (χ3n) is 6.68. The zero-order chi connectivity index (χ0) is 20.0. The molecule has 6 heteroatoms. The number of fused-ring (bicyclic) bond motifs is 5. The van der Waals surface area contributed by atoms with E-state index >= 15 is 0 Å². The van der Waals surface area contributed by atoms with Crippen molar-refractivity contribution in [2.24, 2.45) is 5.73 Å². The van der Waals surface area contributed by atoms with Crippen LogP contribution in [0.2, 0.25) is 0 Å². The third-order valence-corrected chi connectivity index (χ3v) is 6.68. The number of nitrogens with two attached hydrogens (primary N) is 1. The molecule has 2 aliphatic heterocycles. The Balaban J connectivity index is 1.31. The summed E-state index contributed by atoms with van der Waals surface area (Å²) in [6.07, 6.45) is 2.47. The van der Waals surface area contributed by atoms with E-state index in [-0.39, 0.29) is 24.6 Å². The molecule has 4 N–H and O–H groups in total. The molecule has 2 aromatic rings. The fraction of sp³-hybridized carbons (Fsp3) is 0.391. The van der Waals surface area contributed by atoms with Gasteiger partial charge in [-0.2, -0.15) is 0 Å². The monoisotopic (exact) mass is 391 g/mol. The second-order valence-electron chi connectivity index (χ2n) is 8.44. The average Bonchev–Trinajstić information content (AvgIpc) is 3.23. The van der Waals surface area contributed by atoms with Crippen molar-refractivity contribution in [3.05, 3.63) is 59.7 Å². The molecule has 2 amide bonds. The van der Waals surface area contributed by atoms with Gasteiger partial charge in [-0.3, -0.25) is 4.79 Å². The summed E-state index contributed by atoms with van der Waals surface area (Å²) in [6.45, 7) is 0.222. The molecule has 2 fully saturated rings. The smallest absolute Gasteiger partial charge is 0.408 e. The first-order valence-corrected chi connectivity index (χ1v) is 10.2. The summed E-state index contributed by atoms with van der Waals surface area (Å²) in [5.74, 6) is -0.494. The Bertz CT molecular complexity index is 916. The molecule has 2 unspecified atom stereocenters. The second-order valence-corrected chi connectivity index (χ2v) is 8.44. The summed E-state index contributed by atoms with van der Waals surface area (Å²) in [5.41, 5.74) is 9.36. The first-order valence-electron chi connectivity index (χ1n) is 10.2. The molecule has 5 rings (SSSR count). The number of hydrogen-bond acceptors (Lipinski definition) is 4. The van der Waals surface area contributed by atoms with Crippen molar-refractivity contribution in [3.63, 3.8) is 0 Å². The number of amides is 2. The number of nitrogens with one attached hydrogen (secondary N) is 2. The molecule has 0 aromatic heterocycles. The fourth-order valence-electron chi connectivity index (χ4n) is 5.34. The van der Waals surface area contributed by atoms with Gasteiger partial charge in [0.05, 0.1) is 0 Å². The highest BCUT2D eigenvalue weighted by Crippen LogP contribution is 2.44. The topological polar surface area (TPSA) is 93.5 Å². The van der Waals surface area contributed by atoms with Gasteiger partial charge in [-0.15, -0.1) is 0 Å². The lowest BCUT2D eigenvalue weighted by Crippen LogP contribution is -2.64. The maximum atomic E-state index is 12.7. The maximum absolute atomic E-state index is 12.7. The molecule has 2 aromatic carbocycles. The normalized spacial score (nSPS) is 27.2. The lowest BCUT2D eigenvalue weighted by atomic mass is 9.83. The van der Waals surface area contributed by atoms with E-state index in [1.54, 1.807) is 0 Å². The standard InChI is InChI=1S/C23H25N3O3/c24-21(27)23(11-14-9-10-15(12-23)25-14)26-22(28)29-13-20-18-7-3-1-5-16(18)17-6-2-4-8-19(17)20/h1-8,14-15,20,25H,9-13H2,(H2,24,27)(H,26,28). The van der Waals surface area contributed by atoms with Gasteiger partial charge in [0.2, 0.25) is 5.91 Å². The zero-order valence-electron chi connectivity index (χ0n) is 16.2. The Morgan fingerprint density at radius 1 is 1.00 bits per heavy atom. The molecule has 3 aliphatic rings. The summed E-state index contributed by atoms with van der Waals surface area (Å²) >= 11 is 0. The molecule has 0 spiro atoms. The van der Waals surface area contributed by atoms with Gasteiger partial charge in [-0.25, -0.2) is 4.79 Å². The number of piperidine rings is 1. The summed E-state index contributed by atoms with van der Waals surface area (Å²) < 4.78 is 5.63. The van der Waals surface area contributed by atoms with Gasteiger partial charge in [-0.05, 0) is 47.9 Å². The maximum Gasteiger partial charge on any atom is 0.408 e. The lowest BCUT2D eigenvalue weighted by Gasteiger charge is -2.39.